The molecule has 3 rings (SSSR count). The van der Waals surface area contributed by atoms with Gasteiger partial charge in [-0.3, -0.25) is 9.48 Å². The highest BCUT2D eigenvalue weighted by Gasteiger charge is 2.27. The number of aromatic nitrogens is 3. The van der Waals surface area contributed by atoms with E-state index in [1.807, 2.05) is 15.6 Å². The lowest BCUT2D eigenvalue weighted by atomic mass is 9.80. The molecule has 1 fully saturated rings. The molecule has 0 spiro atoms. The van der Waals surface area contributed by atoms with Crippen LogP contribution in [0, 0.1) is 5.92 Å². The van der Waals surface area contributed by atoms with Crippen LogP contribution in [0.3, 0.4) is 0 Å². The van der Waals surface area contributed by atoms with E-state index < -0.39 is 0 Å². The number of likely N-dealkylation sites (tertiary alicyclic amines) is 1. The van der Waals surface area contributed by atoms with Gasteiger partial charge in [-0.05, 0) is 36.2 Å². The second-order valence-corrected chi connectivity index (χ2v) is 7.72. The van der Waals surface area contributed by atoms with E-state index in [2.05, 4.69) is 48.2 Å². The molecule has 2 aromatic rings. The number of hydrogen-bond acceptors (Lipinski definition) is 3. The lowest BCUT2D eigenvalue weighted by molar-refractivity contribution is -0.133. The minimum Gasteiger partial charge on any atom is -0.342 e. The van der Waals surface area contributed by atoms with Crippen molar-refractivity contribution in [2.24, 2.45) is 5.92 Å². The molecule has 0 N–H and O–H groups in total. The smallest absolute Gasteiger partial charge is 0.222 e. The van der Waals surface area contributed by atoms with E-state index in [-0.39, 0.29) is 11.3 Å². The van der Waals surface area contributed by atoms with Crippen molar-refractivity contribution in [1.29, 1.82) is 0 Å². The van der Waals surface area contributed by atoms with Crippen molar-refractivity contribution >= 4 is 5.91 Å². The summed E-state index contributed by atoms with van der Waals surface area (Å²) in [5.74, 6) is 0.758. The lowest BCUT2D eigenvalue weighted by Gasteiger charge is -2.34. The summed E-state index contributed by atoms with van der Waals surface area (Å²) in [5.41, 5.74) is 1.32. The van der Waals surface area contributed by atoms with Gasteiger partial charge in [-0.1, -0.05) is 44.2 Å². The molecule has 0 bridgehead atoms. The molecule has 1 amide bonds. The van der Waals surface area contributed by atoms with E-state index >= 15 is 0 Å². The maximum Gasteiger partial charge on any atom is 0.222 e. The molecular weight excluding hydrogens is 312 g/mol. The Bertz CT molecular complexity index is 666. The summed E-state index contributed by atoms with van der Waals surface area (Å²) in [6.07, 6.45) is 7.03. The van der Waals surface area contributed by atoms with Crippen LogP contribution >= 0.6 is 0 Å². The van der Waals surface area contributed by atoms with Crippen molar-refractivity contribution in [2.75, 3.05) is 13.1 Å². The molecule has 2 heterocycles. The number of amides is 1. The largest absolute Gasteiger partial charge is 0.342 e. The first-order chi connectivity index (χ1) is 12.0. The van der Waals surface area contributed by atoms with Crippen LogP contribution < -0.4 is 0 Å². The normalized spacial score (nSPS) is 18.3. The summed E-state index contributed by atoms with van der Waals surface area (Å²) >= 11 is 0. The number of hydrogen-bond donors (Lipinski definition) is 0. The zero-order chi connectivity index (χ0) is 17.7. The Morgan fingerprint density at radius 2 is 2.08 bits per heavy atom. The van der Waals surface area contributed by atoms with Crippen molar-refractivity contribution in [3.8, 4) is 0 Å². The maximum atomic E-state index is 12.7. The van der Waals surface area contributed by atoms with Gasteiger partial charge in [0.05, 0.1) is 0 Å². The van der Waals surface area contributed by atoms with Crippen molar-refractivity contribution < 1.29 is 4.79 Å². The van der Waals surface area contributed by atoms with Gasteiger partial charge in [-0.25, -0.2) is 4.98 Å². The number of piperidine rings is 1. The lowest BCUT2D eigenvalue weighted by Crippen LogP contribution is -2.41. The Hall–Kier alpha value is -2.17. The van der Waals surface area contributed by atoms with Crippen LogP contribution in [0.1, 0.15) is 45.1 Å². The zero-order valence-corrected chi connectivity index (χ0v) is 15.3. The highest BCUT2D eigenvalue weighted by molar-refractivity contribution is 5.76. The highest BCUT2D eigenvalue weighted by atomic mass is 16.2. The summed E-state index contributed by atoms with van der Waals surface area (Å²) in [6, 6.07) is 10.5. The van der Waals surface area contributed by atoms with E-state index in [0.717, 1.165) is 38.9 Å². The zero-order valence-electron chi connectivity index (χ0n) is 15.3. The molecule has 1 saturated heterocycles. The van der Waals surface area contributed by atoms with Gasteiger partial charge in [0.15, 0.2) is 0 Å². The van der Waals surface area contributed by atoms with Gasteiger partial charge in [0.2, 0.25) is 5.91 Å². The molecule has 1 aromatic carbocycles. The quantitative estimate of drug-likeness (QED) is 0.811. The average Bonchev–Trinajstić information content (AvgIpc) is 3.14. The van der Waals surface area contributed by atoms with Gasteiger partial charge in [-0.15, -0.1) is 0 Å². The first-order valence-corrected chi connectivity index (χ1v) is 9.20. The minimum absolute atomic E-state index is 0.0207. The van der Waals surface area contributed by atoms with Crippen molar-refractivity contribution in [3.63, 3.8) is 0 Å². The van der Waals surface area contributed by atoms with Crippen LogP contribution in [-0.2, 0) is 16.8 Å². The summed E-state index contributed by atoms with van der Waals surface area (Å²) in [4.78, 5) is 18.8. The molecule has 5 nitrogen and oxygen atoms in total. The molecule has 1 aliphatic heterocycles. The van der Waals surface area contributed by atoms with Crippen LogP contribution in [-0.4, -0.2) is 38.7 Å². The van der Waals surface area contributed by atoms with Crippen LogP contribution in [0.25, 0.3) is 0 Å². The van der Waals surface area contributed by atoms with Crippen LogP contribution in [0.15, 0.2) is 43.0 Å². The third-order valence-corrected chi connectivity index (χ3v) is 5.30. The molecule has 134 valence electrons. The van der Waals surface area contributed by atoms with Crippen molar-refractivity contribution in [1.82, 2.24) is 19.7 Å². The Kier molecular flexibility index (Phi) is 5.51. The molecule has 1 aromatic heterocycles. The predicted octanol–water partition coefficient (Wildman–Crippen LogP) is 3.27. The molecule has 5 heteroatoms. The van der Waals surface area contributed by atoms with Gasteiger partial charge in [0.1, 0.15) is 12.7 Å². The predicted molar refractivity (Wildman–Crippen MR) is 98.0 cm³/mol. The molecule has 0 saturated carbocycles. The molecule has 1 unspecified atom stereocenters. The molecule has 1 atom stereocenters. The Morgan fingerprint density at radius 3 is 2.80 bits per heavy atom. The van der Waals surface area contributed by atoms with Gasteiger partial charge < -0.3 is 4.90 Å². The van der Waals surface area contributed by atoms with Crippen molar-refractivity contribution in [3.05, 3.63) is 48.5 Å². The number of rotatable bonds is 6. The number of carbonyl (C=O) groups is 1. The van der Waals surface area contributed by atoms with E-state index in [4.69, 9.17) is 0 Å². The molecule has 1 aliphatic rings. The average molecular weight is 340 g/mol. The fourth-order valence-corrected chi connectivity index (χ4v) is 3.64. The van der Waals surface area contributed by atoms with E-state index in [1.165, 1.54) is 5.56 Å². The summed E-state index contributed by atoms with van der Waals surface area (Å²) in [7, 11) is 0. The van der Waals surface area contributed by atoms with Gasteiger partial charge in [-0.2, -0.15) is 5.10 Å². The summed E-state index contributed by atoms with van der Waals surface area (Å²) in [5, 5.41) is 4.18. The fraction of sp³-hybridized carbons (Fsp3) is 0.550. The Labute approximate surface area is 150 Å². The van der Waals surface area contributed by atoms with Crippen LogP contribution in [0.4, 0.5) is 0 Å². The minimum atomic E-state index is 0.0207. The summed E-state index contributed by atoms with van der Waals surface area (Å²) in [6.45, 7) is 7.01. The molecular formula is C20H28N4O. The summed E-state index contributed by atoms with van der Waals surface area (Å²) < 4.78 is 1.87. The second kappa shape index (κ2) is 7.81. The number of carbonyl (C=O) groups excluding carboxylic acids is 1. The molecule has 0 radical (unpaired) electrons. The first-order valence-electron chi connectivity index (χ1n) is 9.20. The van der Waals surface area contributed by atoms with E-state index in [1.54, 1.807) is 12.7 Å². The Balaban J connectivity index is 1.52. The molecule has 25 heavy (non-hydrogen) atoms. The monoisotopic (exact) mass is 340 g/mol. The molecule has 0 aliphatic carbocycles. The topological polar surface area (TPSA) is 51.0 Å². The second-order valence-electron chi connectivity index (χ2n) is 7.72. The third-order valence-electron chi connectivity index (χ3n) is 5.30. The maximum absolute atomic E-state index is 12.7. The van der Waals surface area contributed by atoms with E-state index in [9.17, 15) is 4.79 Å². The SMILES string of the molecule is CC(C)(CCC(=O)N1CCCC(Cn2cncn2)C1)c1ccccc1. The highest BCUT2D eigenvalue weighted by Crippen LogP contribution is 2.29. The van der Waals surface area contributed by atoms with Gasteiger partial charge >= 0.3 is 0 Å². The van der Waals surface area contributed by atoms with Crippen LogP contribution in [0.5, 0.6) is 0 Å². The number of nitrogens with zero attached hydrogens (tertiary/aromatic N) is 4. The van der Waals surface area contributed by atoms with Crippen molar-refractivity contribution in [2.45, 2.75) is 51.5 Å². The van der Waals surface area contributed by atoms with Gasteiger partial charge in [0.25, 0.3) is 0 Å². The van der Waals surface area contributed by atoms with E-state index in [0.29, 0.717) is 12.3 Å². The first kappa shape index (κ1) is 17.6. The Morgan fingerprint density at radius 1 is 1.28 bits per heavy atom. The number of benzene rings is 1. The standard InChI is InChI=1S/C20H28N4O/c1-20(2,18-8-4-3-5-9-18)11-10-19(25)23-12-6-7-17(13-23)14-24-16-21-15-22-24/h3-5,8-9,15-17H,6-7,10-14H2,1-2H3. The van der Waals surface area contributed by atoms with Crippen LogP contribution in [0.2, 0.25) is 0 Å². The third kappa shape index (κ3) is 4.68. The fourth-order valence-electron chi connectivity index (χ4n) is 3.64. The van der Waals surface area contributed by atoms with Gasteiger partial charge in [0, 0.05) is 26.1 Å².